The maximum atomic E-state index is 10.9. The summed E-state index contributed by atoms with van der Waals surface area (Å²) in [4.78, 5) is 32.3. The van der Waals surface area contributed by atoms with Crippen LogP contribution >= 0.6 is 0 Å². The molecular formula is C19H34N2O6. The lowest BCUT2D eigenvalue weighted by molar-refractivity contribution is -0.140. The molecule has 2 fully saturated rings. The van der Waals surface area contributed by atoms with E-state index in [0.29, 0.717) is 5.92 Å². The van der Waals surface area contributed by atoms with E-state index in [2.05, 4.69) is 15.4 Å². The summed E-state index contributed by atoms with van der Waals surface area (Å²) in [5, 5.41) is 14.2. The fraction of sp³-hybridized carbons (Fsp3) is 0.842. The first-order valence-corrected chi connectivity index (χ1v) is 9.62. The highest BCUT2D eigenvalue weighted by Crippen LogP contribution is 2.34. The number of carboxylic acids is 1. The number of hydrogen-bond donors (Lipinski definition) is 3. The van der Waals surface area contributed by atoms with Crippen LogP contribution in [0.15, 0.2) is 0 Å². The van der Waals surface area contributed by atoms with Crippen molar-refractivity contribution in [2.75, 3.05) is 20.2 Å². The summed E-state index contributed by atoms with van der Waals surface area (Å²) in [6.07, 6.45) is 6.92. The van der Waals surface area contributed by atoms with Gasteiger partial charge in [-0.2, -0.15) is 0 Å². The van der Waals surface area contributed by atoms with Crippen molar-refractivity contribution in [3.05, 3.63) is 0 Å². The highest BCUT2D eigenvalue weighted by molar-refractivity contribution is 5.77. The largest absolute Gasteiger partial charge is 0.480 e. The van der Waals surface area contributed by atoms with Crippen LogP contribution in [0, 0.1) is 11.8 Å². The topological polar surface area (TPSA) is 114 Å². The fourth-order valence-electron chi connectivity index (χ4n) is 3.45. The number of nitrogens with one attached hydrogen (secondary N) is 2. The van der Waals surface area contributed by atoms with Crippen molar-refractivity contribution < 1.29 is 29.0 Å². The molecule has 156 valence electrons. The number of rotatable bonds is 4. The van der Waals surface area contributed by atoms with Gasteiger partial charge in [-0.05, 0) is 45.6 Å². The number of aliphatic carboxylic acids is 1. The highest BCUT2D eigenvalue weighted by atomic mass is 16.6. The Hall–Kier alpha value is -1.83. The lowest BCUT2D eigenvalue weighted by Crippen LogP contribution is -2.35. The molecule has 27 heavy (non-hydrogen) atoms. The number of carboxylic acid groups (broad SMARTS) is 1. The van der Waals surface area contributed by atoms with Gasteiger partial charge in [-0.3, -0.25) is 9.59 Å². The van der Waals surface area contributed by atoms with Crippen LogP contribution in [0.4, 0.5) is 4.79 Å². The van der Waals surface area contributed by atoms with Crippen LogP contribution in [0.3, 0.4) is 0 Å². The van der Waals surface area contributed by atoms with E-state index in [9.17, 15) is 14.4 Å². The summed E-state index contributed by atoms with van der Waals surface area (Å²) in [7, 11) is 1.25. The average Bonchev–Trinajstić information content (AvgIpc) is 3.10. The molecule has 2 rings (SSSR count). The molecular weight excluding hydrogens is 352 g/mol. The van der Waals surface area contributed by atoms with Crippen molar-refractivity contribution in [1.82, 2.24) is 10.6 Å². The minimum Gasteiger partial charge on any atom is -0.480 e. The molecule has 0 aromatic heterocycles. The van der Waals surface area contributed by atoms with Gasteiger partial charge in [0.05, 0.1) is 7.11 Å². The number of hydrogen-bond acceptors (Lipinski definition) is 6. The molecule has 1 unspecified atom stereocenters. The van der Waals surface area contributed by atoms with Gasteiger partial charge in [0.2, 0.25) is 0 Å². The van der Waals surface area contributed by atoms with Crippen LogP contribution in [-0.4, -0.2) is 55.0 Å². The second-order valence-electron chi connectivity index (χ2n) is 8.12. The summed E-state index contributed by atoms with van der Waals surface area (Å²) >= 11 is 0. The molecule has 2 aliphatic rings. The van der Waals surface area contributed by atoms with Gasteiger partial charge in [0.25, 0.3) is 0 Å². The molecule has 1 amide bonds. The second kappa shape index (κ2) is 11.1. The van der Waals surface area contributed by atoms with Gasteiger partial charge in [0.15, 0.2) is 0 Å². The third-order valence-corrected chi connectivity index (χ3v) is 4.78. The number of carbonyl (C=O) groups excluding carboxylic acids is 2. The highest BCUT2D eigenvalue weighted by Gasteiger charge is 2.34. The Morgan fingerprint density at radius 3 is 2.22 bits per heavy atom. The first-order valence-electron chi connectivity index (χ1n) is 9.62. The first kappa shape index (κ1) is 23.2. The summed E-state index contributed by atoms with van der Waals surface area (Å²) in [5.74, 6) is 0.228. The second-order valence-corrected chi connectivity index (χ2v) is 8.12. The zero-order valence-electron chi connectivity index (χ0n) is 16.9. The van der Waals surface area contributed by atoms with Crippen molar-refractivity contribution in [2.24, 2.45) is 11.8 Å². The third kappa shape index (κ3) is 9.60. The predicted molar refractivity (Wildman–Crippen MR) is 100 cm³/mol. The van der Waals surface area contributed by atoms with Crippen molar-refractivity contribution in [3.8, 4) is 0 Å². The Morgan fingerprint density at radius 2 is 1.74 bits per heavy atom. The van der Waals surface area contributed by atoms with Gasteiger partial charge in [-0.15, -0.1) is 0 Å². The summed E-state index contributed by atoms with van der Waals surface area (Å²) in [6.45, 7) is 5.97. The van der Waals surface area contributed by atoms with Gasteiger partial charge < -0.3 is 25.2 Å². The molecule has 0 bridgehead atoms. The normalized spacial score (nSPS) is 23.0. The third-order valence-electron chi connectivity index (χ3n) is 4.78. The molecule has 0 spiro atoms. The molecule has 8 nitrogen and oxygen atoms in total. The van der Waals surface area contributed by atoms with E-state index in [1.165, 1.54) is 39.2 Å². The Kier molecular flexibility index (Phi) is 9.55. The minimum atomic E-state index is -0.677. The predicted octanol–water partition coefficient (Wildman–Crippen LogP) is 2.31. The molecule has 0 radical (unpaired) electrons. The Labute approximate surface area is 161 Å². The smallest absolute Gasteiger partial charge is 0.408 e. The number of amides is 1. The SMILES string of the molecule is COC(=O)CNC(=O)OC(C)(C)C.O=C(O)[C@@H]1CC(C2CCCCC2)CN1. The van der Waals surface area contributed by atoms with E-state index in [1.54, 1.807) is 20.8 Å². The Morgan fingerprint density at radius 1 is 1.11 bits per heavy atom. The van der Waals surface area contributed by atoms with E-state index in [1.807, 2.05) is 0 Å². The molecule has 0 aromatic carbocycles. The standard InChI is InChI=1S/C11H19NO2.C8H15NO4/c13-11(14)10-6-9(7-12-10)8-4-2-1-3-5-8;1-8(2,3)13-7(11)9-5-6(10)12-4/h8-10,12H,1-7H2,(H,13,14);5H2,1-4H3,(H,9,11)/t9?,10-;/m0./s1. The van der Waals surface area contributed by atoms with E-state index in [-0.39, 0.29) is 12.6 Å². The molecule has 1 heterocycles. The van der Waals surface area contributed by atoms with E-state index < -0.39 is 23.6 Å². The molecule has 1 saturated carbocycles. The van der Waals surface area contributed by atoms with Gasteiger partial charge in [-0.1, -0.05) is 32.1 Å². The fourth-order valence-corrected chi connectivity index (χ4v) is 3.45. The maximum absolute atomic E-state index is 10.9. The van der Waals surface area contributed by atoms with Crippen molar-refractivity contribution in [3.63, 3.8) is 0 Å². The van der Waals surface area contributed by atoms with Gasteiger partial charge in [-0.25, -0.2) is 4.79 Å². The monoisotopic (exact) mass is 386 g/mol. The van der Waals surface area contributed by atoms with E-state index >= 15 is 0 Å². The van der Waals surface area contributed by atoms with Crippen LogP contribution in [0.5, 0.6) is 0 Å². The molecule has 3 N–H and O–H groups in total. The lowest BCUT2D eigenvalue weighted by Gasteiger charge is -2.26. The molecule has 1 saturated heterocycles. The van der Waals surface area contributed by atoms with Crippen molar-refractivity contribution >= 4 is 18.0 Å². The lowest BCUT2D eigenvalue weighted by atomic mass is 9.79. The zero-order chi connectivity index (χ0) is 20.4. The maximum Gasteiger partial charge on any atom is 0.408 e. The average molecular weight is 386 g/mol. The van der Waals surface area contributed by atoms with E-state index in [4.69, 9.17) is 9.84 Å². The molecule has 1 aliphatic carbocycles. The van der Waals surface area contributed by atoms with Crippen LogP contribution in [0.1, 0.15) is 59.3 Å². The molecule has 2 atom stereocenters. The van der Waals surface area contributed by atoms with Crippen LogP contribution in [0.25, 0.3) is 0 Å². The van der Waals surface area contributed by atoms with Crippen LogP contribution in [0.2, 0.25) is 0 Å². The number of ether oxygens (including phenoxy) is 2. The van der Waals surface area contributed by atoms with E-state index in [0.717, 1.165) is 18.9 Å². The van der Waals surface area contributed by atoms with Gasteiger partial charge in [0.1, 0.15) is 18.2 Å². The summed E-state index contributed by atoms with van der Waals surface area (Å²) in [6, 6.07) is -0.276. The number of esters is 1. The molecule has 8 heteroatoms. The van der Waals surface area contributed by atoms with Crippen LogP contribution in [-0.2, 0) is 19.1 Å². The summed E-state index contributed by atoms with van der Waals surface area (Å²) < 4.78 is 9.20. The Balaban J connectivity index is 0.000000271. The number of carbonyl (C=O) groups is 3. The molecule has 0 aromatic rings. The number of methoxy groups -OCH3 is 1. The van der Waals surface area contributed by atoms with Crippen molar-refractivity contribution in [1.29, 1.82) is 0 Å². The molecule has 1 aliphatic heterocycles. The zero-order valence-corrected chi connectivity index (χ0v) is 16.9. The first-order chi connectivity index (χ1) is 12.6. The minimum absolute atomic E-state index is 0.175. The van der Waals surface area contributed by atoms with Gasteiger partial charge >= 0.3 is 18.0 Å². The quantitative estimate of drug-likeness (QED) is 0.635. The van der Waals surface area contributed by atoms with Crippen molar-refractivity contribution in [2.45, 2.75) is 70.9 Å². The van der Waals surface area contributed by atoms with Crippen LogP contribution < -0.4 is 10.6 Å². The summed E-state index contributed by atoms with van der Waals surface area (Å²) in [5.41, 5.74) is -0.555. The van der Waals surface area contributed by atoms with Gasteiger partial charge in [0, 0.05) is 0 Å². The number of alkyl carbamates (subject to hydrolysis) is 1. The Bertz CT molecular complexity index is 497.